The minimum atomic E-state index is -0.340. The lowest BCUT2D eigenvalue weighted by atomic mass is 10.1. The van der Waals surface area contributed by atoms with Crippen molar-refractivity contribution in [2.24, 2.45) is 0 Å². The maximum absolute atomic E-state index is 11.6. The zero-order valence-corrected chi connectivity index (χ0v) is 11.6. The molecular weight excluding hydrogens is 260 g/mol. The Bertz CT molecular complexity index is 567. The molecular formula is C13H16N4OS. The summed E-state index contributed by atoms with van der Waals surface area (Å²) in [4.78, 5) is 11.6. The number of benzene rings is 1. The van der Waals surface area contributed by atoms with Gasteiger partial charge in [0, 0.05) is 7.05 Å². The summed E-state index contributed by atoms with van der Waals surface area (Å²) in [5.74, 6) is 0.397. The Morgan fingerprint density at radius 1 is 1.37 bits per heavy atom. The van der Waals surface area contributed by atoms with Crippen LogP contribution in [0, 0.1) is 0 Å². The Morgan fingerprint density at radius 3 is 2.68 bits per heavy atom. The van der Waals surface area contributed by atoms with Gasteiger partial charge in [0.1, 0.15) is 16.9 Å². The predicted molar refractivity (Wildman–Crippen MR) is 79.1 cm³/mol. The van der Waals surface area contributed by atoms with E-state index in [1.54, 1.807) is 14.0 Å². The zero-order chi connectivity index (χ0) is 13.8. The van der Waals surface area contributed by atoms with Gasteiger partial charge in [0.2, 0.25) is 5.91 Å². The summed E-state index contributed by atoms with van der Waals surface area (Å²) in [7, 11) is 1.61. The van der Waals surface area contributed by atoms with Crippen LogP contribution in [-0.2, 0) is 4.79 Å². The molecule has 0 saturated heterocycles. The number of aromatic nitrogens is 1. The van der Waals surface area contributed by atoms with Gasteiger partial charge >= 0.3 is 0 Å². The van der Waals surface area contributed by atoms with Crippen molar-refractivity contribution in [2.75, 3.05) is 18.1 Å². The Kier molecular flexibility index (Phi) is 4.01. The van der Waals surface area contributed by atoms with E-state index < -0.39 is 0 Å². The van der Waals surface area contributed by atoms with Crippen LogP contribution in [0.4, 0.5) is 10.8 Å². The number of anilines is 2. The van der Waals surface area contributed by atoms with Gasteiger partial charge < -0.3 is 16.4 Å². The number of hydrogen-bond donors (Lipinski definition) is 3. The lowest BCUT2D eigenvalue weighted by molar-refractivity contribution is -0.121. The van der Waals surface area contributed by atoms with Crippen molar-refractivity contribution >= 4 is 28.3 Å². The zero-order valence-electron chi connectivity index (χ0n) is 10.8. The number of nitrogens with two attached hydrogens (primary N) is 1. The molecule has 1 unspecified atom stereocenters. The van der Waals surface area contributed by atoms with E-state index in [0.717, 1.165) is 16.1 Å². The van der Waals surface area contributed by atoms with Crippen LogP contribution in [0.15, 0.2) is 30.3 Å². The molecule has 1 heterocycles. The molecule has 0 aliphatic rings. The molecule has 1 aromatic carbocycles. The van der Waals surface area contributed by atoms with Crippen molar-refractivity contribution in [1.82, 2.24) is 9.69 Å². The number of likely N-dealkylation sites (N-methyl/N-ethyl adjacent to an activating group) is 1. The molecule has 0 saturated carbocycles. The van der Waals surface area contributed by atoms with Crippen LogP contribution < -0.4 is 16.4 Å². The van der Waals surface area contributed by atoms with Crippen molar-refractivity contribution in [2.45, 2.75) is 13.0 Å². The summed E-state index contributed by atoms with van der Waals surface area (Å²) in [6.45, 7) is 1.80. The molecule has 0 radical (unpaired) electrons. The minimum absolute atomic E-state index is 0.0778. The summed E-state index contributed by atoms with van der Waals surface area (Å²) in [6, 6.07) is 9.43. The van der Waals surface area contributed by atoms with E-state index in [9.17, 15) is 4.79 Å². The minimum Gasteiger partial charge on any atom is -0.382 e. The maximum Gasteiger partial charge on any atom is 0.241 e. The summed E-state index contributed by atoms with van der Waals surface area (Å²) >= 11 is 1.26. The Labute approximate surface area is 116 Å². The first-order valence-corrected chi connectivity index (χ1v) is 6.69. The fraction of sp³-hybridized carbons (Fsp3) is 0.231. The molecule has 6 heteroatoms. The third kappa shape index (κ3) is 2.85. The van der Waals surface area contributed by atoms with Crippen molar-refractivity contribution < 1.29 is 4.79 Å². The highest BCUT2D eigenvalue weighted by Gasteiger charge is 2.17. The molecule has 5 nitrogen and oxygen atoms in total. The molecule has 4 N–H and O–H groups in total. The normalized spacial score (nSPS) is 11.9. The van der Waals surface area contributed by atoms with Gasteiger partial charge in [0.15, 0.2) is 0 Å². The first-order valence-electron chi connectivity index (χ1n) is 5.92. The van der Waals surface area contributed by atoms with Crippen LogP contribution in [0.5, 0.6) is 0 Å². The average Bonchev–Trinajstić information content (AvgIpc) is 2.79. The second kappa shape index (κ2) is 5.71. The van der Waals surface area contributed by atoms with Crippen molar-refractivity contribution in [3.63, 3.8) is 0 Å². The van der Waals surface area contributed by atoms with Crippen molar-refractivity contribution in [1.29, 1.82) is 0 Å². The molecule has 0 aliphatic heterocycles. The number of carbonyl (C=O) groups is 1. The summed E-state index contributed by atoms with van der Waals surface area (Å²) in [5.41, 5.74) is 7.75. The Balaban J connectivity index is 2.31. The number of nitrogen functional groups attached to an aromatic ring is 1. The fourth-order valence-corrected chi connectivity index (χ4v) is 2.59. The van der Waals surface area contributed by atoms with E-state index in [1.165, 1.54) is 11.5 Å². The second-order valence-corrected chi connectivity index (χ2v) is 4.89. The third-order valence-electron chi connectivity index (χ3n) is 2.77. The number of amides is 1. The van der Waals surface area contributed by atoms with Crippen LogP contribution in [0.3, 0.4) is 0 Å². The molecule has 2 aromatic rings. The molecule has 0 fully saturated rings. The van der Waals surface area contributed by atoms with Gasteiger partial charge in [-0.05, 0) is 24.0 Å². The number of rotatable bonds is 4. The largest absolute Gasteiger partial charge is 0.382 e. The number of carbonyl (C=O) groups excluding carboxylic acids is 1. The van der Waals surface area contributed by atoms with Crippen molar-refractivity contribution in [3.05, 3.63) is 30.3 Å². The van der Waals surface area contributed by atoms with E-state index in [1.807, 2.05) is 30.3 Å². The van der Waals surface area contributed by atoms with Gasteiger partial charge in [0.05, 0.1) is 5.56 Å². The molecule has 0 spiro atoms. The smallest absolute Gasteiger partial charge is 0.241 e. The fourth-order valence-electron chi connectivity index (χ4n) is 1.76. The maximum atomic E-state index is 11.6. The summed E-state index contributed by atoms with van der Waals surface area (Å²) in [6.07, 6.45) is 0. The van der Waals surface area contributed by atoms with Gasteiger partial charge in [-0.2, -0.15) is 4.37 Å². The standard InChI is InChI=1S/C13H16N4OS/c1-8(12(18)15-2)16-13-10(11(14)17-19-13)9-6-4-3-5-7-9/h3-8,16H,1-2H3,(H2,14,17)(H,15,18). The van der Waals surface area contributed by atoms with Crippen LogP contribution in [-0.4, -0.2) is 23.4 Å². The lowest BCUT2D eigenvalue weighted by Crippen LogP contribution is -2.35. The Morgan fingerprint density at radius 2 is 2.05 bits per heavy atom. The molecule has 0 aliphatic carbocycles. The monoisotopic (exact) mass is 276 g/mol. The quantitative estimate of drug-likeness (QED) is 0.797. The van der Waals surface area contributed by atoms with Gasteiger partial charge in [-0.15, -0.1) is 0 Å². The van der Waals surface area contributed by atoms with E-state index in [2.05, 4.69) is 15.0 Å². The molecule has 19 heavy (non-hydrogen) atoms. The van der Waals surface area contributed by atoms with Gasteiger partial charge in [-0.1, -0.05) is 30.3 Å². The highest BCUT2D eigenvalue weighted by atomic mass is 32.1. The molecule has 1 aromatic heterocycles. The first kappa shape index (κ1) is 13.4. The number of nitrogens with zero attached hydrogens (tertiary/aromatic N) is 1. The number of nitrogens with one attached hydrogen (secondary N) is 2. The first-order chi connectivity index (χ1) is 9.13. The van der Waals surface area contributed by atoms with E-state index in [-0.39, 0.29) is 11.9 Å². The highest BCUT2D eigenvalue weighted by molar-refractivity contribution is 7.11. The molecule has 1 amide bonds. The third-order valence-corrected chi connectivity index (χ3v) is 3.56. The SMILES string of the molecule is CNC(=O)C(C)Nc1snc(N)c1-c1ccccc1. The van der Waals surface area contributed by atoms with E-state index in [0.29, 0.717) is 5.82 Å². The summed E-state index contributed by atoms with van der Waals surface area (Å²) < 4.78 is 4.16. The van der Waals surface area contributed by atoms with Gasteiger partial charge in [-0.25, -0.2) is 0 Å². The molecule has 100 valence electrons. The Hall–Kier alpha value is -2.08. The highest BCUT2D eigenvalue weighted by Crippen LogP contribution is 2.36. The van der Waals surface area contributed by atoms with E-state index >= 15 is 0 Å². The average molecular weight is 276 g/mol. The molecule has 1 atom stereocenters. The van der Waals surface area contributed by atoms with Crippen LogP contribution in [0.1, 0.15) is 6.92 Å². The van der Waals surface area contributed by atoms with Crippen LogP contribution in [0.25, 0.3) is 11.1 Å². The topological polar surface area (TPSA) is 80.0 Å². The lowest BCUT2D eigenvalue weighted by Gasteiger charge is -2.13. The van der Waals surface area contributed by atoms with Gasteiger partial charge in [-0.3, -0.25) is 4.79 Å². The molecule has 2 rings (SSSR count). The van der Waals surface area contributed by atoms with Crippen molar-refractivity contribution in [3.8, 4) is 11.1 Å². The number of hydrogen-bond acceptors (Lipinski definition) is 5. The molecule has 0 bridgehead atoms. The predicted octanol–water partition coefficient (Wildman–Crippen LogP) is 1.94. The van der Waals surface area contributed by atoms with E-state index in [4.69, 9.17) is 5.73 Å². The second-order valence-electron chi connectivity index (χ2n) is 4.12. The van der Waals surface area contributed by atoms with Crippen LogP contribution in [0.2, 0.25) is 0 Å². The van der Waals surface area contributed by atoms with Gasteiger partial charge in [0.25, 0.3) is 0 Å². The summed E-state index contributed by atoms with van der Waals surface area (Å²) in [5, 5.41) is 6.55. The van der Waals surface area contributed by atoms with Crippen LogP contribution >= 0.6 is 11.5 Å².